The van der Waals surface area contributed by atoms with Crippen molar-refractivity contribution in [2.45, 2.75) is 38.3 Å². The van der Waals surface area contributed by atoms with Crippen molar-refractivity contribution in [2.24, 2.45) is 11.7 Å². The number of nitrogens with one attached hydrogen (secondary N) is 1. The average Bonchev–Trinajstić information content (AvgIpc) is 3.15. The molecule has 0 saturated heterocycles. The summed E-state index contributed by atoms with van der Waals surface area (Å²) >= 11 is 3.39. The summed E-state index contributed by atoms with van der Waals surface area (Å²) in [5.74, 6) is 0.148. The first-order chi connectivity index (χ1) is 11.1. The van der Waals surface area contributed by atoms with Crippen LogP contribution in [0.15, 0.2) is 41.1 Å². The van der Waals surface area contributed by atoms with E-state index in [4.69, 9.17) is 5.73 Å². The van der Waals surface area contributed by atoms with Crippen molar-refractivity contribution >= 4 is 39.9 Å². The van der Waals surface area contributed by atoms with Gasteiger partial charge >= 0.3 is 0 Å². The molecular weight excluding hydrogens is 392 g/mol. The lowest BCUT2D eigenvalue weighted by Crippen LogP contribution is -2.23. The van der Waals surface area contributed by atoms with Gasteiger partial charge in [-0.25, -0.2) is 0 Å². The first kappa shape index (κ1) is 19.0. The van der Waals surface area contributed by atoms with Crippen LogP contribution in [0.4, 0.5) is 5.69 Å². The van der Waals surface area contributed by atoms with Crippen LogP contribution in [0.25, 0.3) is 0 Å². The minimum atomic E-state index is 0. The molecule has 1 fully saturated rings. The lowest BCUT2D eigenvalue weighted by Gasteiger charge is -2.11. The highest BCUT2D eigenvalue weighted by Crippen LogP contribution is 2.25. The van der Waals surface area contributed by atoms with E-state index in [9.17, 15) is 4.79 Å². The van der Waals surface area contributed by atoms with Crippen LogP contribution in [-0.4, -0.2) is 21.7 Å². The molecular formula is C17H22BrClN4O. The second-order valence-electron chi connectivity index (χ2n) is 6.13. The summed E-state index contributed by atoms with van der Waals surface area (Å²) in [7, 11) is 0. The minimum Gasteiger partial charge on any atom is -0.328 e. The summed E-state index contributed by atoms with van der Waals surface area (Å²) < 4.78 is 2.89. The van der Waals surface area contributed by atoms with Gasteiger partial charge in [-0.1, -0.05) is 12.1 Å². The van der Waals surface area contributed by atoms with Gasteiger partial charge in [0.1, 0.15) is 0 Å². The summed E-state index contributed by atoms with van der Waals surface area (Å²) in [5.41, 5.74) is 7.94. The molecule has 1 aromatic heterocycles. The lowest BCUT2D eigenvalue weighted by atomic mass is 10.1. The van der Waals surface area contributed by atoms with Crippen LogP contribution in [0.5, 0.6) is 0 Å². The molecule has 1 heterocycles. The Bertz CT molecular complexity index is 673. The van der Waals surface area contributed by atoms with Gasteiger partial charge in [-0.3, -0.25) is 9.48 Å². The smallest absolute Gasteiger partial charge is 0.227 e. The van der Waals surface area contributed by atoms with Crippen molar-refractivity contribution in [1.29, 1.82) is 0 Å². The zero-order valence-electron chi connectivity index (χ0n) is 13.3. The van der Waals surface area contributed by atoms with E-state index >= 15 is 0 Å². The number of amides is 1. The number of aryl methyl sites for hydroxylation is 2. The van der Waals surface area contributed by atoms with Crippen molar-refractivity contribution in [3.05, 3.63) is 46.7 Å². The highest BCUT2D eigenvalue weighted by molar-refractivity contribution is 9.10. The van der Waals surface area contributed by atoms with Crippen molar-refractivity contribution in [3.8, 4) is 0 Å². The summed E-state index contributed by atoms with van der Waals surface area (Å²) in [4.78, 5) is 12.2. The van der Waals surface area contributed by atoms with Crippen LogP contribution >= 0.6 is 28.3 Å². The number of benzene rings is 1. The Labute approximate surface area is 156 Å². The Balaban J connectivity index is 0.00000208. The molecule has 1 saturated carbocycles. The molecule has 3 N–H and O–H groups in total. The van der Waals surface area contributed by atoms with Crippen molar-refractivity contribution in [2.75, 3.05) is 5.32 Å². The fourth-order valence-corrected chi connectivity index (χ4v) is 3.29. The van der Waals surface area contributed by atoms with E-state index in [0.717, 1.165) is 42.4 Å². The van der Waals surface area contributed by atoms with E-state index in [1.54, 1.807) is 6.20 Å². The molecule has 7 heteroatoms. The summed E-state index contributed by atoms with van der Waals surface area (Å²) in [6.07, 6.45) is 7.28. The van der Waals surface area contributed by atoms with E-state index in [2.05, 4.69) is 38.5 Å². The molecule has 0 bridgehead atoms. The number of nitrogens with zero attached hydrogens (tertiary/aromatic N) is 2. The highest BCUT2D eigenvalue weighted by Gasteiger charge is 2.27. The highest BCUT2D eigenvalue weighted by atomic mass is 79.9. The van der Waals surface area contributed by atoms with Crippen LogP contribution in [0.2, 0.25) is 0 Å². The predicted octanol–water partition coefficient (Wildman–Crippen LogP) is 3.38. The molecule has 2 aromatic rings. The number of rotatable bonds is 5. The standard InChI is InChI=1S/C17H21BrN4O.ClH/c18-14-10-20-22(11-14)8-7-12-1-5-16(6-2-12)21-17(23)13-3-4-15(19)9-13;/h1-2,5-6,10-11,13,15H,3-4,7-9,19H2,(H,21,23);1H. The number of halogens is 2. The van der Waals surface area contributed by atoms with Gasteiger partial charge in [0.2, 0.25) is 5.91 Å². The van der Waals surface area contributed by atoms with E-state index in [-0.39, 0.29) is 30.3 Å². The zero-order chi connectivity index (χ0) is 16.2. The number of nitrogens with two attached hydrogens (primary N) is 1. The van der Waals surface area contributed by atoms with Crippen LogP contribution in [0.3, 0.4) is 0 Å². The average molecular weight is 414 g/mol. The summed E-state index contributed by atoms with van der Waals surface area (Å²) in [5, 5.41) is 7.23. The number of anilines is 1. The molecule has 1 aromatic carbocycles. The monoisotopic (exact) mass is 412 g/mol. The predicted molar refractivity (Wildman–Crippen MR) is 101 cm³/mol. The van der Waals surface area contributed by atoms with Gasteiger partial charge in [-0.2, -0.15) is 5.10 Å². The quantitative estimate of drug-likeness (QED) is 0.789. The molecule has 1 amide bonds. The Kier molecular flexibility index (Phi) is 6.83. The van der Waals surface area contributed by atoms with Gasteiger partial charge in [-0.05, 0) is 59.3 Å². The SMILES string of the molecule is Cl.NC1CCC(C(=O)Nc2ccc(CCn3cc(Br)cn3)cc2)C1. The lowest BCUT2D eigenvalue weighted by molar-refractivity contribution is -0.119. The Morgan fingerprint density at radius 3 is 2.67 bits per heavy atom. The third kappa shape index (κ3) is 5.06. The Morgan fingerprint density at radius 1 is 1.33 bits per heavy atom. The van der Waals surface area contributed by atoms with Crippen molar-refractivity contribution in [1.82, 2.24) is 9.78 Å². The van der Waals surface area contributed by atoms with Gasteiger partial charge < -0.3 is 11.1 Å². The molecule has 130 valence electrons. The molecule has 1 aliphatic carbocycles. The molecule has 0 radical (unpaired) electrons. The first-order valence-corrected chi connectivity index (χ1v) is 8.73. The topological polar surface area (TPSA) is 72.9 Å². The third-order valence-electron chi connectivity index (χ3n) is 4.30. The van der Waals surface area contributed by atoms with E-state index in [1.807, 2.05) is 23.0 Å². The van der Waals surface area contributed by atoms with Gasteiger partial charge in [0.25, 0.3) is 0 Å². The van der Waals surface area contributed by atoms with Crippen LogP contribution in [0, 0.1) is 5.92 Å². The Hall–Kier alpha value is -1.37. The maximum Gasteiger partial charge on any atom is 0.227 e. The third-order valence-corrected chi connectivity index (χ3v) is 4.71. The molecule has 24 heavy (non-hydrogen) atoms. The molecule has 3 rings (SSSR count). The normalized spacial score (nSPS) is 19.8. The number of aromatic nitrogens is 2. The van der Waals surface area contributed by atoms with E-state index in [1.165, 1.54) is 5.56 Å². The molecule has 1 aliphatic rings. The Morgan fingerprint density at radius 2 is 2.08 bits per heavy atom. The van der Waals surface area contributed by atoms with Gasteiger partial charge in [0, 0.05) is 30.4 Å². The molecule has 2 atom stereocenters. The van der Waals surface area contributed by atoms with Crippen molar-refractivity contribution < 1.29 is 4.79 Å². The zero-order valence-corrected chi connectivity index (χ0v) is 15.7. The number of carbonyl (C=O) groups is 1. The van der Waals surface area contributed by atoms with Crippen molar-refractivity contribution in [3.63, 3.8) is 0 Å². The second kappa shape index (κ2) is 8.65. The maximum atomic E-state index is 12.2. The molecule has 0 aliphatic heterocycles. The second-order valence-corrected chi connectivity index (χ2v) is 7.04. The summed E-state index contributed by atoms with van der Waals surface area (Å²) in [6, 6.07) is 8.20. The molecule has 5 nitrogen and oxygen atoms in total. The maximum absolute atomic E-state index is 12.2. The van der Waals surface area contributed by atoms with Crippen LogP contribution in [0.1, 0.15) is 24.8 Å². The van der Waals surface area contributed by atoms with E-state index in [0.29, 0.717) is 0 Å². The summed E-state index contributed by atoms with van der Waals surface area (Å²) in [6.45, 7) is 0.831. The number of carbonyl (C=O) groups excluding carboxylic acids is 1. The molecule has 0 spiro atoms. The van der Waals surface area contributed by atoms with Crippen LogP contribution < -0.4 is 11.1 Å². The van der Waals surface area contributed by atoms with Gasteiger partial charge in [0.15, 0.2) is 0 Å². The number of hydrogen-bond acceptors (Lipinski definition) is 3. The molecule has 2 unspecified atom stereocenters. The fourth-order valence-electron chi connectivity index (χ4n) is 2.96. The van der Waals surface area contributed by atoms with Crippen LogP contribution in [-0.2, 0) is 17.8 Å². The van der Waals surface area contributed by atoms with E-state index < -0.39 is 0 Å². The largest absolute Gasteiger partial charge is 0.328 e. The minimum absolute atomic E-state index is 0. The fraction of sp³-hybridized carbons (Fsp3) is 0.412. The van der Waals surface area contributed by atoms with Gasteiger partial charge in [-0.15, -0.1) is 12.4 Å². The van der Waals surface area contributed by atoms with Gasteiger partial charge in [0.05, 0.1) is 10.7 Å². The number of hydrogen-bond donors (Lipinski definition) is 2. The first-order valence-electron chi connectivity index (χ1n) is 7.93.